The first-order valence-electron chi connectivity index (χ1n) is 5.74. The predicted molar refractivity (Wildman–Crippen MR) is 70.0 cm³/mol. The van der Waals surface area contributed by atoms with E-state index < -0.39 is 17.7 Å². The zero-order valence-electron chi connectivity index (χ0n) is 11.0. The van der Waals surface area contributed by atoms with Crippen LogP contribution in [0.2, 0.25) is 0 Å². The molecule has 8 heteroatoms. The summed E-state index contributed by atoms with van der Waals surface area (Å²) in [5.41, 5.74) is 0. The summed E-state index contributed by atoms with van der Waals surface area (Å²) in [6.07, 6.45) is 3.71. The Labute approximate surface area is 109 Å². The van der Waals surface area contributed by atoms with Crippen LogP contribution in [-0.2, 0) is 27.9 Å². The molecule has 0 aromatic rings. The van der Waals surface area contributed by atoms with Gasteiger partial charge in [-0.25, -0.2) is 0 Å². The first-order valence-corrected chi connectivity index (χ1v) is 9.16. The van der Waals surface area contributed by atoms with Gasteiger partial charge in [0.25, 0.3) is 10.1 Å². The third kappa shape index (κ3) is 9.79. The van der Waals surface area contributed by atoms with Crippen molar-refractivity contribution < 1.29 is 26.2 Å². The van der Waals surface area contributed by atoms with Gasteiger partial charge in [0.05, 0.1) is 26.1 Å². The Balaban J connectivity index is 4.02. The summed E-state index contributed by atoms with van der Waals surface area (Å²) in [6.45, 7) is 4.19. The number of unbranched alkanes of at least 4 members (excludes halogenated alkanes) is 1. The molecule has 0 bridgehead atoms. The van der Waals surface area contributed by atoms with Crippen molar-refractivity contribution in [3.05, 3.63) is 11.9 Å². The van der Waals surface area contributed by atoms with Crippen molar-refractivity contribution in [3.8, 4) is 0 Å². The van der Waals surface area contributed by atoms with E-state index in [0.29, 0.717) is 26.1 Å². The highest BCUT2D eigenvalue weighted by Gasteiger charge is 2.18. The van der Waals surface area contributed by atoms with E-state index in [9.17, 15) is 13.0 Å². The fourth-order valence-electron chi connectivity index (χ4n) is 1.10. The molecule has 0 aromatic carbocycles. The quantitative estimate of drug-likeness (QED) is 0.350. The van der Waals surface area contributed by atoms with E-state index in [1.165, 1.54) is 5.82 Å². The van der Waals surface area contributed by atoms with Gasteiger partial charge in [0.2, 0.25) is 0 Å². The zero-order valence-corrected chi connectivity index (χ0v) is 12.7. The van der Waals surface area contributed by atoms with E-state index in [1.54, 1.807) is 19.9 Å². The topological polar surface area (TPSA) is 78.9 Å². The smallest absolute Gasteiger partial charge is 0.306 e. The van der Waals surface area contributed by atoms with Crippen LogP contribution in [0.4, 0.5) is 0 Å². The molecule has 0 aliphatic heterocycles. The van der Waals surface area contributed by atoms with Crippen LogP contribution in [-0.4, -0.2) is 34.5 Å². The number of hydrogen-bond donors (Lipinski definition) is 0. The standard InChI is InChI=1S/C10H21O6PS/c1-4-14-17(11,15-5-2)10-8-6-7-9-16-18(3,12)13/h8,10H,4-7,9H2,1-3H3. The van der Waals surface area contributed by atoms with Crippen LogP contribution < -0.4 is 0 Å². The van der Waals surface area contributed by atoms with Gasteiger partial charge in [-0.05, 0) is 26.7 Å². The van der Waals surface area contributed by atoms with Crippen LogP contribution >= 0.6 is 7.60 Å². The minimum Gasteiger partial charge on any atom is -0.306 e. The molecule has 0 spiro atoms. The van der Waals surface area contributed by atoms with Crippen molar-refractivity contribution in [2.45, 2.75) is 26.7 Å². The molecule has 0 rings (SSSR count). The normalized spacial score (nSPS) is 13.3. The molecule has 0 N–H and O–H groups in total. The Bertz CT molecular complexity index is 379. The molecule has 6 nitrogen and oxygen atoms in total. The van der Waals surface area contributed by atoms with Crippen LogP contribution in [0.15, 0.2) is 11.9 Å². The number of hydrogen-bond acceptors (Lipinski definition) is 6. The summed E-state index contributed by atoms with van der Waals surface area (Å²) >= 11 is 0. The fourth-order valence-corrected chi connectivity index (χ4v) is 2.89. The van der Waals surface area contributed by atoms with Crippen LogP contribution in [0.25, 0.3) is 0 Å². The van der Waals surface area contributed by atoms with Crippen molar-refractivity contribution in [1.29, 1.82) is 0 Å². The lowest BCUT2D eigenvalue weighted by molar-refractivity contribution is 0.228. The van der Waals surface area contributed by atoms with Gasteiger partial charge >= 0.3 is 7.60 Å². The molecule has 18 heavy (non-hydrogen) atoms. The molecule has 0 saturated heterocycles. The third-order valence-corrected chi connectivity index (χ3v) is 4.13. The van der Waals surface area contributed by atoms with Gasteiger partial charge in [0.1, 0.15) is 0 Å². The maximum atomic E-state index is 11.9. The van der Waals surface area contributed by atoms with Gasteiger partial charge in [-0.3, -0.25) is 8.75 Å². The largest absolute Gasteiger partial charge is 0.353 e. The summed E-state index contributed by atoms with van der Waals surface area (Å²) in [7, 11) is -6.53. The monoisotopic (exact) mass is 300 g/mol. The summed E-state index contributed by atoms with van der Waals surface area (Å²) in [6, 6.07) is 0. The van der Waals surface area contributed by atoms with E-state index in [-0.39, 0.29) is 6.61 Å². The average molecular weight is 300 g/mol. The van der Waals surface area contributed by atoms with E-state index in [4.69, 9.17) is 9.05 Å². The van der Waals surface area contributed by atoms with E-state index in [0.717, 1.165) is 6.26 Å². The molecular weight excluding hydrogens is 279 g/mol. The fraction of sp³-hybridized carbons (Fsp3) is 0.800. The van der Waals surface area contributed by atoms with Crippen molar-refractivity contribution in [1.82, 2.24) is 0 Å². The van der Waals surface area contributed by atoms with Gasteiger partial charge in [0, 0.05) is 5.82 Å². The highest BCUT2D eigenvalue weighted by atomic mass is 32.2. The third-order valence-electron chi connectivity index (χ3n) is 1.72. The molecule has 0 radical (unpaired) electrons. The van der Waals surface area contributed by atoms with E-state index in [2.05, 4.69) is 4.18 Å². The van der Waals surface area contributed by atoms with E-state index in [1.807, 2.05) is 0 Å². The lowest BCUT2D eigenvalue weighted by atomic mass is 10.3. The second-order valence-corrected chi connectivity index (χ2v) is 6.97. The molecule has 0 aliphatic carbocycles. The van der Waals surface area contributed by atoms with Gasteiger partial charge in [0.15, 0.2) is 0 Å². The highest BCUT2D eigenvalue weighted by Crippen LogP contribution is 2.49. The van der Waals surface area contributed by atoms with Gasteiger partial charge < -0.3 is 9.05 Å². The minimum atomic E-state index is -3.39. The Morgan fingerprint density at radius 3 is 2.17 bits per heavy atom. The summed E-state index contributed by atoms with van der Waals surface area (Å²) in [5.74, 6) is 1.40. The lowest BCUT2D eigenvalue weighted by Crippen LogP contribution is -2.03. The van der Waals surface area contributed by atoms with Gasteiger partial charge in [-0.1, -0.05) is 6.08 Å². The molecule has 0 unspecified atom stereocenters. The molecule has 0 heterocycles. The maximum Gasteiger partial charge on any atom is 0.353 e. The minimum absolute atomic E-state index is 0.108. The van der Waals surface area contributed by atoms with Crippen molar-refractivity contribution >= 4 is 17.7 Å². The van der Waals surface area contributed by atoms with Crippen molar-refractivity contribution in [2.24, 2.45) is 0 Å². The second kappa shape index (κ2) is 8.82. The molecule has 0 amide bonds. The first-order chi connectivity index (χ1) is 8.33. The number of rotatable bonds is 10. The Morgan fingerprint density at radius 2 is 1.72 bits per heavy atom. The SMILES string of the molecule is CCOP(=O)(C=CCCCOS(C)(=O)=O)OCC. The molecule has 0 atom stereocenters. The van der Waals surface area contributed by atoms with Crippen LogP contribution in [0.5, 0.6) is 0 Å². The van der Waals surface area contributed by atoms with Gasteiger partial charge in [-0.2, -0.15) is 8.42 Å². The molecule has 108 valence electrons. The molecule has 0 saturated carbocycles. The van der Waals surface area contributed by atoms with Crippen LogP contribution in [0.1, 0.15) is 26.7 Å². The Kier molecular flexibility index (Phi) is 8.73. The van der Waals surface area contributed by atoms with Crippen molar-refractivity contribution in [3.63, 3.8) is 0 Å². The molecule has 0 aliphatic rings. The number of allylic oxidation sites excluding steroid dienone is 1. The van der Waals surface area contributed by atoms with Crippen LogP contribution in [0.3, 0.4) is 0 Å². The lowest BCUT2D eigenvalue weighted by Gasteiger charge is -2.12. The molecule has 0 fully saturated rings. The first kappa shape index (κ1) is 17.8. The predicted octanol–water partition coefficient (Wildman–Crippen LogP) is 2.52. The Hall–Kier alpha value is -0.200. The van der Waals surface area contributed by atoms with E-state index >= 15 is 0 Å². The summed E-state index contributed by atoms with van der Waals surface area (Å²) in [5, 5.41) is 0. The average Bonchev–Trinajstić information content (AvgIpc) is 2.22. The summed E-state index contributed by atoms with van der Waals surface area (Å²) in [4.78, 5) is 0. The summed E-state index contributed by atoms with van der Waals surface area (Å²) < 4.78 is 47.9. The zero-order chi connectivity index (χ0) is 14.1. The Morgan fingerprint density at radius 1 is 1.17 bits per heavy atom. The highest BCUT2D eigenvalue weighted by molar-refractivity contribution is 7.85. The van der Waals surface area contributed by atoms with Crippen LogP contribution in [0, 0.1) is 0 Å². The molecule has 0 aromatic heterocycles. The second-order valence-electron chi connectivity index (χ2n) is 3.43. The van der Waals surface area contributed by atoms with Crippen molar-refractivity contribution in [2.75, 3.05) is 26.1 Å². The van der Waals surface area contributed by atoms with Gasteiger partial charge in [-0.15, -0.1) is 0 Å². The molecular formula is C10H21O6PS. The maximum absolute atomic E-state index is 11.9.